The predicted molar refractivity (Wildman–Crippen MR) is 118 cm³/mol. The van der Waals surface area contributed by atoms with Crippen LogP contribution in [0.4, 0.5) is 26.1 Å². The summed E-state index contributed by atoms with van der Waals surface area (Å²) >= 11 is 0. The Bertz CT molecular complexity index is 1190. The molecule has 10 heteroatoms. The lowest BCUT2D eigenvalue weighted by Gasteiger charge is -2.30. The summed E-state index contributed by atoms with van der Waals surface area (Å²) in [7, 11) is 0. The first-order chi connectivity index (χ1) is 15.4. The molecule has 0 radical (unpaired) electrons. The molecule has 2 aromatic heterocycles. The van der Waals surface area contributed by atoms with Gasteiger partial charge in [0.2, 0.25) is 5.95 Å². The summed E-state index contributed by atoms with van der Waals surface area (Å²) in [5.41, 5.74) is 12.8. The summed E-state index contributed by atoms with van der Waals surface area (Å²) in [6.45, 7) is 0. The highest BCUT2D eigenvalue weighted by Gasteiger charge is 2.28. The van der Waals surface area contributed by atoms with Crippen molar-refractivity contribution in [2.24, 2.45) is 11.5 Å². The first-order valence-corrected chi connectivity index (χ1v) is 10.9. The quantitative estimate of drug-likeness (QED) is 0.464. The van der Waals surface area contributed by atoms with Crippen molar-refractivity contribution < 1.29 is 13.6 Å². The van der Waals surface area contributed by atoms with Crippen LogP contribution in [0.15, 0.2) is 24.3 Å². The fourth-order valence-corrected chi connectivity index (χ4v) is 4.30. The van der Waals surface area contributed by atoms with Crippen LogP contribution in [0.2, 0.25) is 0 Å². The van der Waals surface area contributed by atoms with Gasteiger partial charge in [-0.15, -0.1) is 5.10 Å². The highest BCUT2D eigenvalue weighted by atomic mass is 19.1. The lowest BCUT2D eigenvalue weighted by molar-refractivity contribution is 0.100. The zero-order valence-electron chi connectivity index (χ0n) is 17.4. The van der Waals surface area contributed by atoms with Gasteiger partial charge in [-0.25, -0.2) is 9.37 Å². The summed E-state index contributed by atoms with van der Waals surface area (Å²) in [6, 6.07) is 6.07. The highest BCUT2D eigenvalue weighted by molar-refractivity contribution is 5.99. The molecule has 2 saturated carbocycles. The Morgan fingerprint density at radius 3 is 2.59 bits per heavy atom. The molecule has 2 aliphatic rings. The molecule has 0 saturated heterocycles. The predicted octanol–water partition coefficient (Wildman–Crippen LogP) is 3.57. The minimum absolute atomic E-state index is 0.00925. The molecule has 2 heterocycles. The first-order valence-electron chi connectivity index (χ1n) is 10.9. The summed E-state index contributed by atoms with van der Waals surface area (Å²) in [5.74, 6) is -1.88. The smallest absolute Gasteiger partial charge is 0.252 e. The van der Waals surface area contributed by atoms with E-state index < -0.39 is 17.7 Å². The van der Waals surface area contributed by atoms with Crippen LogP contribution in [0.25, 0.3) is 10.9 Å². The van der Waals surface area contributed by atoms with Gasteiger partial charge in [-0.05, 0) is 49.9 Å². The van der Waals surface area contributed by atoms with E-state index in [-0.39, 0.29) is 35.3 Å². The first kappa shape index (κ1) is 20.6. The molecule has 0 aliphatic heterocycles. The van der Waals surface area contributed by atoms with E-state index in [1.807, 2.05) is 0 Å². The number of carbonyl (C=O) groups is 1. The van der Waals surface area contributed by atoms with Crippen LogP contribution < -0.4 is 22.1 Å². The number of hydrogen-bond donors (Lipinski definition) is 4. The molecule has 1 aromatic carbocycles. The van der Waals surface area contributed by atoms with Crippen molar-refractivity contribution in [2.75, 3.05) is 10.6 Å². The maximum Gasteiger partial charge on any atom is 0.252 e. The largest absolute Gasteiger partial charge is 0.365 e. The van der Waals surface area contributed by atoms with Gasteiger partial charge in [-0.2, -0.15) is 4.39 Å². The summed E-state index contributed by atoms with van der Waals surface area (Å²) in [5, 5.41) is 10.6. The Labute approximate surface area is 183 Å². The number of aromatic nitrogens is 3. The van der Waals surface area contributed by atoms with E-state index in [1.165, 1.54) is 0 Å². The molecule has 32 heavy (non-hydrogen) atoms. The topological polar surface area (TPSA) is 124 Å². The number of anilines is 3. The fourth-order valence-electron chi connectivity index (χ4n) is 4.30. The van der Waals surface area contributed by atoms with E-state index in [0.29, 0.717) is 16.6 Å². The Hall–Kier alpha value is -3.27. The molecule has 5 rings (SSSR count). The van der Waals surface area contributed by atoms with Crippen molar-refractivity contribution in [1.29, 1.82) is 0 Å². The number of benzene rings is 1. The van der Waals surface area contributed by atoms with Gasteiger partial charge in [0, 0.05) is 17.8 Å². The average molecular weight is 441 g/mol. The summed E-state index contributed by atoms with van der Waals surface area (Å²) in [6.07, 6.45) is 5.63. The van der Waals surface area contributed by atoms with E-state index in [2.05, 4.69) is 20.7 Å². The molecular formula is C22H25F2N7O. The number of pyridine rings is 1. The molecule has 1 amide bonds. The minimum Gasteiger partial charge on any atom is -0.365 e. The number of amides is 1. The Balaban J connectivity index is 1.49. The standard InChI is InChI=1S/C22H25F2N7O/c23-15-10-14(20(26)32)21(29-22(15)28-17-4-2-1-3-16(17)25)27-11-5-8-13-18(9-11)31(12-6-7-12)30-19(13)24/h5,8-10,12,16-17H,1-4,6-7,25H2,(H2,26,32)(H2,27,28,29)/t16-,17+/m0/s1. The Morgan fingerprint density at radius 2 is 1.88 bits per heavy atom. The van der Waals surface area contributed by atoms with Gasteiger partial charge in [-0.1, -0.05) is 12.8 Å². The number of carbonyl (C=O) groups excluding carboxylic acids is 1. The second-order valence-corrected chi connectivity index (χ2v) is 8.60. The molecule has 168 valence electrons. The third-order valence-corrected chi connectivity index (χ3v) is 6.20. The normalized spacial score (nSPS) is 21.0. The van der Waals surface area contributed by atoms with Crippen molar-refractivity contribution in [2.45, 2.75) is 56.7 Å². The number of halogens is 2. The van der Waals surface area contributed by atoms with Crippen molar-refractivity contribution >= 4 is 34.1 Å². The second-order valence-electron chi connectivity index (χ2n) is 8.60. The third-order valence-electron chi connectivity index (χ3n) is 6.20. The van der Waals surface area contributed by atoms with Gasteiger partial charge in [0.05, 0.1) is 22.5 Å². The molecule has 0 spiro atoms. The van der Waals surface area contributed by atoms with Crippen molar-refractivity contribution in [3.63, 3.8) is 0 Å². The lowest BCUT2D eigenvalue weighted by atomic mass is 9.91. The molecule has 3 aromatic rings. The van der Waals surface area contributed by atoms with Crippen LogP contribution in [0, 0.1) is 11.8 Å². The van der Waals surface area contributed by atoms with Crippen LogP contribution in [0.3, 0.4) is 0 Å². The second kappa shape index (κ2) is 8.01. The van der Waals surface area contributed by atoms with Crippen LogP contribution in [-0.2, 0) is 0 Å². The van der Waals surface area contributed by atoms with Crippen molar-refractivity contribution in [3.05, 3.63) is 41.6 Å². The monoisotopic (exact) mass is 441 g/mol. The van der Waals surface area contributed by atoms with Gasteiger partial charge < -0.3 is 22.1 Å². The molecule has 8 nitrogen and oxygen atoms in total. The number of rotatable bonds is 6. The number of primary amides is 1. The number of fused-ring (bicyclic) bond motifs is 1. The summed E-state index contributed by atoms with van der Waals surface area (Å²) < 4.78 is 30.6. The molecule has 6 N–H and O–H groups in total. The third kappa shape index (κ3) is 3.86. The molecular weight excluding hydrogens is 416 g/mol. The van der Waals surface area contributed by atoms with E-state index in [9.17, 15) is 13.6 Å². The van der Waals surface area contributed by atoms with Crippen molar-refractivity contribution in [1.82, 2.24) is 14.8 Å². The maximum absolute atomic E-state index is 14.7. The van der Waals surface area contributed by atoms with E-state index in [0.717, 1.165) is 44.6 Å². The molecule has 2 aliphatic carbocycles. The van der Waals surface area contributed by atoms with Crippen LogP contribution in [0.5, 0.6) is 0 Å². The van der Waals surface area contributed by atoms with Crippen LogP contribution in [0.1, 0.15) is 54.9 Å². The van der Waals surface area contributed by atoms with E-state index in [4.69, 9.17) is 11.5 Å². The van der Waals surface area contributed by atoms with E-state index in [1.54, 1.807) is 22.9 Å². The van der Waals surface area contributed by atoms with Gasteiger partial charge in [-0.3, -0.25) is 9.48 Å². The van der Waals surface area contributed by atoms with Gasteiger partial charge >= 0.3 is 0 Å². The Kier molecular flexibility index (Phi) is 5.16. The SMILES string of the molecule is NC(=O)c1cc(F)c(N[C@@H]2CCCC[C@@H]2N)nc1Nc1ccc2c(F)nn(C3CC3)c2c1. The molecule has 0 bridgehead atoms. The molecule has 2 atom stereocenters. The van der Waals surface area contributed by atoms with Crippen LogP contribution in [-0.4, -0.2) is 32.8 Å². The van der Waals surface area contributed by atoms with Gasteiger partial charge in [0.15, 0.2) is 11.6 Å². The number of hydrogen-bond acceptors (Lipinski definition) is 6. The fraction of sp³-hybridized carbons (Fsp3) is 0.409. The lowest BCUT2D eigenvalue weighted by Crippen LogP contribution is -2.43. The van der Waals surface area contributed by atoms with Gasteiger partial charge in [0.1, 0.15) is 5.82 Å². The number of nitrogens with zero attached hydrogens (tertiary/aromatic N) is 3. The Morgan fingerprint density at radius 1 is 1.09 bits per heavy atom. The average Bonchev–Trinajstić information content (AvgIpc) is 3.55. The van der Waals surface area contributed by atoms with E-state index >= 15 is 0 Å². The zero-order valence-corrected chi connectivity index (χ0v) is 17.4. The van der Waals surface area contributed by atoms with Crippen LogP contribution >= 0.6 is 0 Å². The minimum atomic E-state index is -0.810. The number of nitrogens with two attached hydrogens (primary N) is 2. The van der Waals surface area contributed by atoms with Gasteiger partial charge in [0.25, 0.3) is 5.91 Å². The summed E-state index contributed by atoms with van der Waals surface area (Å²) in [4.78, 5) is 16.3. The zero-order chi connectivity index (χ0) is 22.4. The van der Waals surface area contributed by atoms with Crippen molar-refractivity contribution in [3.8, 4) is 0 Å². The molecule has 0 unspecified atom stereocenters. The number of nitrogens with one attached hydrogen (secondary N) is 2. The maximum atomic E-state index is 14.7. The highest BCUT2D eigenvalue weighted by Crippen LogP contribution is 2.38. The molecule has 2 fully saturated rings.